The van der Waals surface area contributed by atoms with E-state index in [9.17, 15) is 21.6 Å². The van der Waals surface area contributed by atoms with Gasteiger partial charge in [0.2, 0.25) is 15.0 Å². The number of alkyl halides is 3. The Kier molecular flexibility index (Phi) is 6.48. The second-order valence-electron chi connectivity index (χ2n) is 7.01. The number of nitrogens with zero attached hydrogens (tertiary/aromatic N) is 3. The maximum Gasteiger partial charge on any atom is 0.433 e. The van der Waals surface area contributed by atoms with Gasteiger partial charge in [0.05, 0.1) is 20.8 Å². The third-order valence-electron chi connectivity index (χ3n) is 4.67. The van der Waals surface area contributed by atoms with Crippen molar-refractivity contribution in [3.8, 4) is 17.2 Å². The topological polar surface area (TPSA) is 90.9 Å². The minimum Gasteiger partial charge on any atom is -0.493 e. The van der Waals surface area contributed by atoms with Crippen molar-refractivity contribution < 1.29 is 35.8 Å². The molecular formula is C19H22F3N3O5S. The lowest BCUT2D eigenvalue weighted by Crippen LogP contribution is -2.42. The highest BCUT2D eigenvalue weighted by molar-refractivity contribution is 7.90. The molecular weight excluding hydrogens is 439 g/mol. The van der Waals surface area contributed by atoms with Crippen LogP contribution in [0, 0.1) is 0 Å². The van der Waals surface area contributed by atoms with Crippen molar-refractivity contribution in [2.24, 2.45) is 0 Å². The van der Waals surface area contributed by atoms with Crippen molar-refractivity contribution >= 4 is 15.7 Å². The minimum atomic E-state index is -4.80. The number of methoxy groups -OCH3 is 2. The smallest absolute Gasteiger partial charge is 0.433 e. The first-order valence-electron chi connectivity index (χ1n) is 9.31. The molecule has 31 heavy (non-hydrogen) atoms. The van der Waals surface area contributed by atoms with E-state index in [-0.39, 0.29) is 18.5 Å². The van der Waals surface area contributed by atoms with Gasteiger partial charge >= 0.3 is 6.18 Å². The average Bonchev–Trinajstić information content (AvgIpc) is 2.72. The fourth-order valence-electron chi connectivity index (χ4n) is 3.21. The summed E-state index contributed by atoms with van der Waals surface area (Å²) >= 11 is 0. The molecule has 2 aromatic rings. The zero-order chi connectivity index (χ0) is 22.8. The summed E-state index contributed by atoms with van der Waals surface area (Å²) in [6.45, 7) is 0.634. The summed E-state index contributed by atoms with van der Waals surface area (Å²) in [5, 5.41) is -0.861. The summed E-state index contributed by atoms with van der Waals surface area (Å²) in [7, 11) is -1.02. The fraction of sp³-hybridized carbons (Fsp3) is 0.474. The van der Waals surface area contributed by atoms with Crippen molar-refractivity contribution in [3.63, 3.8) is 0 Å². The second-order valence-corrected chi connectivity index (χ2v) is 8.92. The molecule has 1 saturated heterocycles. The maximum atomic E-state index is 13.3. The van der Waals surface area contributed by atoms with Crippen molar-refractivity contribution in [1.29, 1.82) is 0 Å². The van der Waals surface area contributed by atoms with Crippen LogP contribution in [0.1, 0.15) is 18.5 Å². The molecule has 2 heterocycles. The van der Waals surface area contributed by atoms with Gasteiger partial charge in [0.25, 0.3) is 0 Å². The largest absolute Gasteiger partial charge is 0.493 e. The van der Waals surface area contributed by atoms with Crippen LogP contribution >= 0.6 is 0 Å². The van der Waals surface area contributed by atoms with Gasteiger partial charge in [-0.2, -0.15) is 13.2 Å². The van der Waals surface area contributed by atoms with E-state index in [0.717, 1.165) is 12.3 Å². The molecule has 0 bridgehead atoms. The quantitative estimate of drug-likeness (QED) is 0.607. The van der Waals surface area contributed by atoms with E-state index in [1.165, 1.54) is 14.2 Å². The Balaban J connectivity index is 1.85. The lowest BCUT2D eigenvalue weighted by atomic mass is 10.1. The van der Waals surface area contributed by atoms with Crippen molar-refractivity contribution in [2.75, 3.05) is 38.5 Å². The Bertz CT molecular complexity index is 1050. The van der Waals surface area contributed by atoms with E-state index < -0.39 is 26.9 Å². The zero-order valence-electron chi connectivity index (χ0n) is 17.1. The number of sulfone groups is 1. The number of halogens is 3. The summed E-state index contributed by atoms with van der Waals surface area (Å²) in [5.74, 6) is 1.42. The summed E-state index contributed by atoms with van der Waals surface area (Å²) in [5.41, 5.74) is -1.30. The van der Waals surface area contributed by atoms with E-state index in [4.69, 9.17) is 14.2 Å². The molecule has 1 atom stereocenters. The summed E-state index contributed by atoms with van der Waals surface area (Å²) in [6, 6.07) is 5.81. The molecule has 1 aromatic heterocycles. The Morgan fingerprint density at radius 3 is 2.42 bits per heavy atom. The second kappa shape index (κ2) is 8.77. The minimum absolute atomic E-state index is 0.108. The predicted octanol–water partition coefficient (Wildman–Crippen LogP) is 2.96. The third-order valence-corrected chi connectivity index (χ3v) is 5.52. The Labute approximate surface area is 177 Å². The summed E-state index contributed by atoms with van der Waals surface area (Å²) in [6.07, 6.45) is -3.09. The number of aromatic nitrogens is 2. The van der Waals surface area contributed by atoms with Crippen LogP contribution in [0.25, 0.3) is 0 Å². The molecule has 12 heteroatoms. The van der Waals surface area contributed by atoms with Crippen LogP contribution in [0.5, 0.6) is 17.2 Å². The highest BCUT2D eigenvalue weighted by Gasteiger charge is 2.36. The number of benzene rings is 1. The van der Waals surface area contributed by atoms with Gasteiger partial charge in [-0.15, -0.1) is 0 Å². The van der Waals surface area contributed by atoms with Gasteiger partial charge in [0, 0.05) is 24.9 Å². The van der Waals surface area contributed by atoms with Crippen LogP contribution in [0.4, 0.5) is 19.0 Å². The molecule has 1 fully saturated rings. The summed E-state index contributed by atoms with van der Waals surface area (Å²) in [4.78, 5) is 8.62. The third kappa shape index (κ3) is 5.49. The molecule has 0 N–H and O–H groups in total. The Morgan fingerprint density at radius 2 is 1.81 bits per heavy atom. The van der Waals surface area contributed by atoms with Gasteiger partial charge in [-0.1, -0.05) is 0 Å². The van der Waals surface area contributed by atoms with Gasteiger partial charge in [-0.05, 0) is 25.0 Å². The van der Waals surface area contributed by atoms with Gasteiger partial charge in [-0.25, -0.2) is 18.4 Å². The zero-order valence-corrected chi connectivity index (χ0v) is 18.0. The number of hydrogen-bond acceptors (Lipinski definition) is 8. The van der Waals surface area contributed by atoms with E-state index in [2.05, 4.69) is 9.97 Å². The molecule has 8 nitrogen and oxygen atoms in total. The lowest BCUT2D eigenvalue weighted by molar-refractivity contribution is -0.141. The Hall–Kier alpha value is -2.76. The molecule has 0 radical (unpaired) electrons. The van der Waals surface area contributed by atoms with Gasteiger partial charge < -0.3 is 19.1 Å². The molecule has 0 amide bonds. The van der Waals surface area contributed by atoms with E-state index >= 15 is 0 Å². The molecule has 1 aliphatic heterocycles. The van der Waals surface area contributed by atoms with Crippen LogP contribution in [0.15, 0.2) is 29.4 Å². The van der Waals surface area contributed by atoms with Crippen molar-refractivity contribution in [2.45, 2.75) is 30.3 Å². The maximum absolute atomic E-state index is 13.3. The first-order chi connectivity index (χ1) is 14.5. The van der Waals surface area contributed by atoms with E-state index in [1.54, 1.807) is 23.1 Å². The number of anilines is 1. The molecule has 0 aliphatic carbocycles. The van der Waals surface area contributed by atoms with Gasteiger partial charge in [0.15, 0.2) is 17.2 Å². The number of ether oxygens (including phenoxy) is 3. The number of piperidine rings is 1. The predicted molar refractivity (Wildman–Crippen MR) is 106 cm³/mol. The standard InChI is InChI=1S/C19H22F3N3O5S/c1-28-14-7-6-12(9-15(14)29-2)30-13-5-4-8-25(11-13)17-10-16(19(20,21)22)23-18(24-17)31(3,26)27/h6-7,9-10,13H,4-5,8,11H2,1-3H3. The first-order valence-corrected chi connectivity index (χ1v) is 11.2. The van der Waals surface area contributed by atoms with Crippen LogP contribution in [0.3, 0.4) is 0 Å². The molecule has 0 spiro atoms. The monoisotopic (exact) mass is 461 g/mol. The molecule has 0 saturated carbocycles. The normalized spacial score (nSPS) is 17.4. The SMILES string of the molecule is COc1ccc(OC2CCCN(c3cc(C(F)(F)F)nc(S(C)(=O)=O)n3)C2)cc1OC. The summed E-state index contributed by atoms with van der Waals surface area (Å²) < 4.78 is 79.8. The van der Waals surface area contributed by atoms with Crippen LogP contribution in [-0.2, 0) is 16.0 Å². The molecule has 1 unspecified atom stereocenters. The number of hydrogen-bond donors (Lipinski definition) is 0. The van der Waals surface area contributed by atoms with Crippen molar-refractivity contribution in [1.82, 2.24) is 9.97 Å². The highest BCUT2D eigenvalue weighted by atomic mass is 32.2. The van der Waals surface area contributed by atoms with E-state index in [0.29, 0.717) is 36.6 Å². The van der Waals surface area contributed by atoms with Gasteiger partial charge in [0.1, 0.15) is 17.7 Å². The fourth-order valence-corrected chi connectivity index (χ4v) is 3.73. The van der Waals surface area contributed by atoms with Crippen LogP contribution < -0.4 is 19.1 Å². The molecule has 1 aliphatic rings. The lowest BCUT2D eigenvalue weighted by Gasteiger charge is -2.34. The average molecular weight is 461 g/mol. The van der Waals surface area contributed by atoms with Crippen LogP contribution in [0.2, 0.25) is 0 Å². The molecule has 3 rings (SSSR count). The first kappa shape index (κ1) is 22.9. The van der Waals surface area contributed by atoms with E-state index in [1.807, 2.05) is 0 Å². The number of rotatable bonds is 6. The molecule has 170 valence electrons. The van der Waals surface area contributed by atoms with Gasteiger partial charge in [-0.3, -0.25) is 0 Å². The Morgan fingerprint density at radius 1 is 1.10 bits per heavy atom. The molecule has 1 aromatic carbocycles. The van der Waals surface area contributed by atoms with Crippen LogP contribution in [-0.4, -0.2) is 58.1 Å². The highest BCUT2D eigenvalue weighted by Crippen LogP contribution is 2.33. The van der Waals surface area contributed by atoms with Crippen molar-refractivity contribution in [3.05, 3.63) is 30.0 Å².